The smallest absolute Gasteiger partial charge is 0.321 e. The van der Waals surface area contributed by atoms with Crippen LogP contribution in [0, 0.1) is 10.1 Å². The number of carboxylic acid groups (broad SMARTS) is 1. The molecule has 1 aromatic rings. The molecule has 0 bridgehead atoms. The molecule has 1 aliphatic heterocycles. The lowest BCUT2D eigenvalue weighted by molar-refractivity contribution is -0.385. The number of aliphatic hydroxyl groups excluding tert-OH is 1. The molecule has 2 N–H and O–H groups in total. The fourth-order valence-corrected chi connectivity index (χ4v) is 2.72. The third kappa shape index (κ3) is 3.14. The minimum Gasteiger partial charge on any atom is -0.480 e. The second kappa shape index (κ2) is 5.86. The van der Waals surface area contributed by atoms with Crippen LogP contribution in [-0.2, 0) is 11.3 Å². The van der Waals surface area contributed by atoms with Gasteiger partial charge in [0.2, 0.25) is 0 Å². The number of aliphatic carboxylic acids is 1. The molecule has 7 nitrogen and oxygen atoms in total. The zero-order chi connectivity index (χ0) is 14.9. The number of nitro benzene ring substituents is 1. The van der Waals surface area contributed by atoms with Crippen LogP contribution in [0.3, 0.4) is 0 Å². The summed E-state index contributed by atoms with van der Waals surface area (Å²) in [7, 11) is 0. The van der Waals surface area contributed by atoms with E-state index in [2.05, 4.69) is 15.9 Å². The summed E-state index contributed by atoms with van der Waals surface area (Å²) < 4.78 is 0.587. The number of likely N-dealkylation sites (tertiary alicyclic amines) is 1. The highest BCUT2D eigenvalue weighted by Crippen LogP contribution is 2.28. The molecule has 2 unspecified atom stereocenters. The Labute approximate surface area is 123 Å². The maximum absolute atomic E-state index is 11.1. The van der Waals surface area contributed by atoms with E-state index >= 15 is 0 Å². The van der Waals surface area contributed by atoms with E-state index in [1.807, 2.05) is 0 Å². The molecule has 0 radical (unpaired) electrons. The summed E-state index contributed by atoms with van der Waals surface area (Å²) in [6.07, 6.45) is -0.578. The number of nitrogens with zero attached hydrogens (tertiary/aromatic N) is 2. The summed E-state index contributed by atoms with van der Waals surface area (Å²) in [5.41, 5.74) is 0.364. The number of carbonyl (C=O) groups is 1. The first-order chi connectivity index (χ1) is 9.38. The second-order valence-corrected chi connectivity index (χ2v) is 5.62. The molecular weight excluding hydrogens is 332 g/mol. The summed E-state index contributed by atoms with van der Waals surface area (Å²) in [5.74, 6) is -1.03. The Hall–Kier alpha value is -1.51. The first kappa shape index (κ1) is 14.9. The van der Waals surface area contributed by atoms with Crippen molar-refractivity contribution in [2.45, 2.75) is 25.1 Å². The van der Waals surface area contributed by atoms with E-state index in [0.29, 0.717) is 10.0 Å². The van der Waals surface area contributed by atoms with Crippen molar-refractivity contribution in [2.24, 2.45) is 0 Å². The van der Waals surface area contributed by atoms with Crippen molar-refractivity contribution in [3.05, 3.63) is 38.3 Å². The van der Waals surface area contributed by atoms with Gasteiger partial charge >= 0.3 is 5.97 Å². The van der Waals surface area contributed by atoms with Crippen molar-refractivity contribution >= 4 is 27.6 Å². The first-order valence-corrected chi connectivity index (χ1v) is 6.75. The molecular formula is C12H13BrN2O5. The van der Waals surface area contributed by atoms with Crippen LogP contribution in [0.25, 0.3) is 0 Å². The fourth-order valence-electron chi connectivity index (χ4n) is 2.37. The molecule has 2 rings (SSSR count). The topological polar surface area (TPSA) is 104 Å². The van der Waals surface area contributed by atoms with Gasteiger partial charge in [0, 0.05) is 35.6 Å². The highest BCUT2D eigenvalue weighted by molar-refractivity contribution is 9.10. The van der Waals surface area contributed by atoms with Crippen LogP contribution >= 0.6 is 15.9 Å². The zero-order valence-electron chi connectivity index (χ0n) is 10.4. The van der Waals surface area contributed by atoms with Crippen LogP contribution in [0.2, 0.25) is 0 Å². The monoisotopic (exact) mass is 344 g/mol. The van der Waals surface area contributed by atoms with Gasteiger partial charge in [-0.1, -0.05) is 15.9 Å². The van der Waals surface area contributed by atoms with Gasteiger partial charge in [-0.05, 0) is 12.1 Å². The Morgan fingerprint density at radius 2 is 2.25 bits per heavy atom. The van der Waals surface area contributed by atoms with Crippen LogP contribution in [0.4, 0.5) is 5.69 Å². The van der Waals surface area contributed by atoms with E-state index < -0.39 is 23.0 Å². The van der Waals surface area contributed by atoms with Crippen molar-refractivity contribution in [3.63, 3.8) is 0 Å². The van der Waals surface area contributed by atoms with Crippen molar-refractivity contribution in [2.75, 3.05) is 6.54 Å². The highest BCUT2D eigenvalue weighted by Gasteiger charge is 2.36. The highest BCUT2D eigenvalue weighted by atomic mass is 79.9. The number of rotatable bonds is 4. The van der Waals surface area contributed by atoms with E-state index in [1.165, 1.54) is 6.07 Å². The number of hydrogen-bond donors (Lipinski definition) is 2. The van der Waals surface area contributed by atoms with E-state index in [-0.39, 0.29) is 25.2 Å². The van der Waals surface area contributed by atoms with Crippen LogP contribution in [-0.4, -0.2) is 44.7 Å². The van der Waals surface area contributed by atoms with Crippen LogP contribution < -0.4 is 0 Å². The molecule has 0 spiro atoms. The van der Waals surface area contributed by atoms with Crippen LogP contribution in [0.1, 0.15) is 12.0 Å². The predicted octanol–water partition coefficient (Wildman–Crippen LogP) is 1.38. The molecule has 8 heteroatoms. The summed E-state index contributed by atoms with van der Waals surface area (Å²) in [4.78, 5) is 23.2. The number of carboxylic acids is 1. The van der Waals surface area contributed by atoms with Gasteiger partial charge in [-0.25, -0.2) is 0 Å². The van der Waals surface area contributed by atoms with Crippen molar-refractivity contribution in [3.8, 4) is 0 Å². The number of benzene rings is 1. The molecule has 2 atom stereocenters. The summed E-state index contributed by atoms with van der Waals surface area (Å²) >= 11 is 3.17. The molecule has 1 aliphatic rings. The minimum absolute atomic E-state index is 0.0649. The largest absolute Gasteiger partial charge is 0.480 e. The first-order valence-electron chi connectivity index (χ1n) is 5.96. The number of β-amino-alcohol motifs (C(OH)–C–C–N with tert-alkyl or cyclic N) is 1. The number of aliphatic hydroxyl groups is 1. The molecule has 20 heavy (non-hydrogen) atoms. The van der Waals surface area contributed by atoms with E-state index in [4.69, 9.17) is 5.11 Å². The minimum atomic E-state index is -1.03. The number of halogens is 1. The lowest BCUT2D eigenvalue weighted by Gasteiger charge is -2.20. The molecule has 1 saturated heterocycles. The maximum Gasteiger partial charge on any atom is 0.321 e. The SMILES string of the molecule is O=C(O)C1CC(O)CN1Cc1ccc(Br)cc1[N+](=O)[O-]. The normalized spacial score (nSPS) is 22.9. The molecule has 0 saturated carbocycles. The average Bonchev–Trinajstić information content (AvgIpc) is 2.72. The summed E-state index contributed by atoms with van der Waals surface area (Å²) in [6.45, 7) is 0.321. The maximum atomic E-state index is 11.1. The van der Waals surface area contributed by atoms with E-state index in [1.54, 1.807) is 17.0 Å². The molecule has 0 aliphatic carbocycles. The molecule has 0 aromatic heterocycles. The quantitative estimate of drug-likeness (QED) is 0.631. The third-order valence-electron chi connectivity index (χ3n) is 3.28. The molecule has 1 heterocycles. The van der Waals surface area contributed by atoms with Crippen molar-refractivity contribution in [1.82, 2.24) is 4.90 Å². The van der Waals surface area contributed by atoms with Gasteiger partial charge in [0.05, 0.1) is 11.0 Å². The Balaban J connectivity index is 2.25. The van der Waals surface area contributed by atoms with Crippen LogP contribution in [0.5, 0.6) is 0 Å². The third-order valence-corrected chi connectivity index (χ3v) is 3.78. The predicted molar refractivity (Wildman–Crippen MR) is 73.3 cm³/mol. The molecule has 108 valence electrons. The van der Waals surface area contributed by atoms with E-state index in [9.17, 15) is 20.0 Å². The number of hydrogen-bond acceptors (Lipinski definition) is 5. The van der Waals surface area contributed by atoms with Gasteiger partial charge in [-0.3, -0.25) is 19.8 Å². The summed E-state index contributed by atoms with van der Waals surface area (Å²) in [6, 6.07) is 3.84. The zero-order valence-corrected chi connectivity index (χ0v) is 12.0. The number of nitro groups is 1. The fraction of sp³-hybridized carbons (Fsp3) is 0.417. The Morgan fingerprint density at radius 3 is 2.85 bits per heavy atom. The Bertz CT molecular complexity index is 551. The van der Waals surface area contributed by atoms with Crippen molar-refractivity contribution < 1.29 is 19.9 Å². The Morgan fingerprint density at radius 1 is 1.55 bits per heavy atom. The van der Waals surface area contributed by atoms with E-state index in [0.717, 1.165) is 0 Å². The second-order valence-electron chi connectivity index (χ2n) is 4.70. The standard InChI is InChI=1S/C12H13BrN2O5/c13-8-2-1-7(10(3-8)15(19)20)5-14-6-9(16)4-11(14)12(17)18/h1-3,9,11,16H,4-6H2,(H,17,18). The van der Waals surface area contributed by atoms with Gasteiger partial charge in [-0.2, -0.15) is 0 Å². The van der Waals surface area contributed by atoms with Crippen LogP contribution in [0.15, 0.2) is 22.7 Å². The average molecular weight is 345 g/mol. The molecule has 0 amide bonds. The van der Waals surface area contributed by atoms with Gasteiger partial charge in [0.15, 0.2) is 0 Å². The van der Waals surface area contributed by atoms with Gasteiger partial charge in [-0.15, -0.1) is 0 Å². The van der Waals surface area contributed by atoms with Gasteiger partial charge < -0.3 is 10.2 Å². The lowest BCUT2D eigenvalue weighted by Crippen LogP contribution is -2.35. The molecule has 1 fully saturated rings. The lowest BCUT2D eigenvalue weighted by atomic mass is 10.1. The van der Waals surface area contributed by atoms with Gasteiger partial charge in [0.1, 0.15) is 6.04 Å². The molecule has 1 aromatic carbocycles. The van der Waals surface area contributed by atoms with Gasteiger partial charge in [0.25, 0.3) is 5.69 Å². The summed E-state index contributed by atoms with van der Waals surface area (Å²) in [5, 5.41) is 29.7. The Kier molecular flexibility index (Phi) is 4.36. The van der Waals surface area contributed by atoms with Crippen molar-refractivity contribution in [1.29, 1.82) is 0 Å².